The molecule has 2 aromatic carbocycles. The minimum atomic E-state index is -0.289. The van der Waals surface area contributed by atoms with Crippen molar-refractivity contribution in [2.24, 2.45) is 5.92 Å². The Bertz CT molecular complexity index is 833. The van der Waals surface area contributed by atoms with E-state index in [9.17, 15) is 14.0 Å². The van der Waals surface area contributed by atoms with E-state index >= 15 is 0 Å². The van der Waals surface area contributed by atoms with Gasteiger partial charge >= 0.3 is 0 Å². The highest BCUT2D eigenvalue weighted by molar-refractivity contribution is 9.10. The number of nitrogens with zero attached hydrogens (tertiary/aromatic N) is 2. The van der Waals surface area contributed by atoms with Gasteiger partial charge in [0.2, 0.25) is 5.91 Å². The third-order valence-electron chi connectivity index (χ3n) is 5.30. The molecule has 0 bridgehead atoms. The molecule has 4 nitrogen and oxygen atoms in total. The summed E-state index contributed by atoms with van der Waals surface area (Å²) in [4.78, 5) is 27.8. The van der Waals surface area contributed by atoms with Crippen molar-refractivity contribution in [3.8, 4) is 0 Å². The van der Waals surface area contributed by atoms with Crippen LogP contribution >= 0.6 is 15.9 Å². The standard InChI is InChI=1S/C22H24BrFN2O2/c1-2-25(14-18-13-19(23)5-8-21(18)24)22(28)17-9-11-26(12-10-17)20-6-3-16(15-27)4-7-20/h3-8,13,15,17H,2,9-12,14H2,1H3. The molecule has 28 heavy (non-hydrogen) atoms. The number of hydrogen-bond acceptors (Lipinski definition) is 3. The molecule has 2 aromatic rings. The van der Waals surface area contributed by atoms with Crippen molar-refractivity contribution >= 4 is 33.8 Å². The van der Waals surface area contributed by atoms with Gasteiger partial charge in [-0.05, 0) is 62.2 Å². The van der Waals surface area contributed by atoms with E-state index in [2.05, 4.69) is 20.8 Å². The van der Waals surface area contributed by atoms with Crippen molar-refractivity contribution in [2.75, 3.05) is 24.5 Å². The third kappa shape index (κ3) is 4.79. The van der Waals surface area contributed by atoms with Crippen LogP contribution in [0.4, 0.5) is 10.1 Å². The molecule has 1 aliphatic heterocycles. The zero-order valence-corrected chi connectivity index (χ0v) is 17.5. The monoisotopic (exact) mass is 446 g/mol. The molecular weight excluding hydrogens is 423 g/mol. The fourth-order valence-electron chi connectivity index (χ4n) is 3.62. The Balaban J connectivity index is 1.61. The van der Waals surface area contributed by atoms with Crippen LogP contribution in [0.5, 0.6) is 0 Å². The minimum absolute atomic E-state index is 0.0411. The second-order valence-electron chi connectivity index (χ2n) is 7.06. The number of carbonyl (C=O) groups is 2. The highest BCUT2D eigenvalue weighted by atomic mass is 79.9. The Hall–Kier alpha value is -2.21. The van der Waals surface area contributed by atoms with Crippen LogP contribution in [0.3, 0.4) is 0 Å². The first-order chi connectivity index (χ1) is 13.5. The van der Waals surface area contributed by atoms with Gasteiger partial charge in [-0.1, -0.05) is 15.9 Å². The molecule has 6 heteroatoms. The SMILES string of the molecule is CCN(Cc1cc(Br)ccc1F)C(=O)C1CCN(c2ccc(C=O)cc2)CC1. The maximum Gasteiger partial charge on any atom is 0.226 e. The number of piperidine rings is 1. The summed E-state index contributed by atoms with van der Waals surface area (Å²) in [6.45, 7) is 4.35. The number of anilines is 1. The maximum absolute atomic E-state index is 14.1. The van der Waals surface area contributed by atoms with Crippen LogP contribution in [0.15, 0.2) is 46.9 Å². The molecule has 1 fully saturated rings. The van der Waals surface area contributed by atoms with E-state index in [0.717, 1.165) is 42.4 Å². The lowest BCUT2D eigenvalue weighted by Crippen LogP contribution is -2.42. The van der Waals surface area contributed by atoms with E-state index < -0.39 is 0 Å². The Morgan fingerprint density at radius 3 is 2.50 bits per heavy atom. The average molecular weight is 447 g/mol. The first-order valence-electron chi connectivity index (χ1n) is 9.54. The van der Waals surface area contributed by atoms with Gasteiger partial charge in [-0.3, -0.25) is 9.59 Å². The van der Waals surface area contributed by atoms with E-state index in [1.54, 1.807) is 17.0 Å². The van der Waals surface area contributed by atoms with Gasteiger partial charge in [0.15, 0.2) is 0 Å². The van der Waals surface area contributed by atoms with Gasteiger partial charge in [-0.15, -0.1) is 0 Å². The average Bonchev–Trinajstić information content (AvgIpc) is 2.74. The molecule has 0 saturated carbocycles. The van der Waals surface area contributed by atoms with Crippen LogP contribution in [0, 0.1) is 11.7 Å². The van der Waals surface area contributed by atoms with E-state index in [1.807, 2.05) is 31.2 Å². The van der Waals surface area contributed by atoms with Crippen LogP contribution in [0.25, 0.3) is 0 Å². The summed E-state index contributed by atoms with van der Waals surface area (Å²) in [5.41, 5.74) is 2.25. The number of amides is 1. The van der Waals surface area contributed by atoms with Crippen molar-refractivity contribution in [3.05, 3.63) is 63.9 Å². The van der Waals surface area contributed by atoms with Crippen molar-refractivity contribution in [3.63, 3.8) is 0 Å². The fraction of sp³-hybridized carbons (Fsp3) is 0.364. The lowest BCUT2D eigenvalue weighted by atomic mass is 9.94. The summed E-state index contributed by atoms with van der Waals surface area (Å²) in [5.74, 6) is -0.235. The molecule has 0 unspecified atom stereocenters. The van der Waals surface area contributed by atoms with Gasteiger partial charge in [0.05, 0.1) is 0 Å². The summed E-state index contributed by atoms with van der Waals surface area (Å²) < 4.78 is 14.9. The highest BCUT2D eigenvalue weighted by Gasteiger charge is 2.28. The Morgan fingerprint density at radius 1 is 1.21 bits per heavy atom. The van der Waals surface area contributed by atoms with Gasteiger partial charge in [0.1, 0.15) is 12.1 Å². The normalized spacial score (nSPS) is 14.8. The van der Waals surface area contributed by atoms with Gasteiger partial charge in [-0.25, -0.2) is 4.39 Å². The number of aldehydes is 1. The van der Waals surface area contributed by atoms with Gasteiger partial charge < -0.3 is 9.80 Å². The number of halogens is 2. The summed E-state index contributed by atoms with van der Waals surface area (Å²) in [5, 5.41) is 0. The third-order valence-corrected chi connectivity index (χ3v) is 5.79. The van der Waals surface area contributed by atoms with Crippen molar-refractivity contribution < 1.29 is 14.0 Å². The van der Waals surface area contributed by atoms with Crippen LogP contribution in [0.2, 0.25) is 0 Å². The first kappa shape index (κ1) is 20.5. The molecule has 1 amide bonds. The van der Waals surface area contributed by atoms with E-state index in [0.29, 0.717) is 17.7 Å². The van der Waals surface area contributed by atoms with Crippen LogP contribution in [-0.2, 0) is 11.3 Å². The van der Waals surface area contributed by atoms with E-state index in [1.165, 1.54) is 6.07 Å². The summed E-state index contributed by atoms with van der Waals surface area (Å²) in [6, 6.07) is 12.3. The number of hydrogen-bond donors (Lipinski definition) is 0. The number of rotatable bonds is 6. The highest BCUT2D eigenvalue weighted by Crippen LogP contribution is 2.26. The number of benzene rings is 2. The predicted octanol–water partition coefficient (Wildman–Crippen LogP) is 4.67. The summed E-state index contributed by atoms with van der Waals surface area (Å²) in [6.07, 6.45) is 2.37. The molecule has 0 aliphatic carbocycles. The predicted molar refractivity (Wildman–Crippen MR) is 112 cm³/mol. The second kappa shape index (κ2) is 9.32. The Morgan fingerprint density at radius 2 is 1.89 bits per heavy atom. The largest absolute Gasteiger partial charge is 0.371 e. The lowest BCUT2D eigenvalue weighted by molar-refractivity contribution is -0.136. The molecule has 1 saturated heterocycles. The van der Waals surface area contributed by atoms with Crippen molar-refractivity contribution in [1.29, 1.82) is 0 Å². The van der Waals surface area contributed by atoms with E-state index in [4.69, 9.17) is 0 Å². The quantitative estimate of drug-likeness (QED) is 0.605. The molecule has 0 atom stereocenters. The summed E-state index contributed by atoms with van der Waals surface area (Å²) >= 11 is 3.36. The fourth-order valence-corrected chi connectivity index (χ4v) is 4.03. The molecule has 1 aliphatic rings. The Kier molecular flexibility index (Phi) is 6.83. The minimum Gasteiger partial charge on any atom is -0.371 e. The second-order valence-corrected chi connectivity index (χ2v) is 7.97. The van der Waals surface area contributed by atoms with Crippen LogP contribution < -0.4 is 4.90 Å². The zero-order chi connectivity index (χ0) is 20.1. The van der Waals surface area contributed by atoms with Crippen LogP contribution in [0.1, 0.15) is 35.7 Å². The van der Waals surface area contributed by atoms with Gasteiger partial charge in [0, 0.05) is 53.4 Å². The molecule has 0 N–H and O–H groups in total. The Labute approximate surface area is 173 Å². The van der Waals surface area contributed by atoms with Gasteiger partial charge in [0.25, 0.3) is 0 Å². The van der Waals surface area contributed by atoms with Crippen molar-refractivity contribution in [2.45, 2.75) is 26.3 Å². The topological polar surface area (TPSA) is 40.6 Å². The molecule has 0 radical (unpaired) electrons. The lowest BCUT2D eigenvalue weighted by Gasteiger charge is -2.35. The molecule has 1 heterocycles. The van der Waals surface area contributed by atoms with Gasteiger partial charge in [-0.2, -0.15) is 0 Å². The zero-order valence-electron chi connectivity index (χ0n) is 15.9. The smallest absolute Gasteiger partial charge is 0.226 e. The first-order valence-corrected chi connectivity index (χ1v) is 10.3. The maximum atomic E-state index is 14.1. The number of carbonyl (C=O) groups excluding carboxylic acids is 2. The molecule has 148 valence electrons. The van der Waals surface area contributed by atoms with Crippen LogP contribution in [-0.4, -0.2) is 36.7 Å². The molecule has 3 rings (SSSR count). The van der Waals surface area contributed by atoms with Crippen molar-refractivity contribution in [1.82, 2.24) is 4.90 Å². The molecule has 0 aromatic heterocycles. The summed E-state index contributed by atoms with van der Waals surface area (Å²) in [7, 11) is 0. The molecular formula is C22H24BrFN2O2. The van der Waals surface area contributed by atoms with E-state index in [-0.39, 0.29) is 24.2 Å². The molecule has 0 spiro atoms.